The number of nitrogens with one attached hydrogen (secondary N) is 1. The largest absolute Gasteiger partial charge is 0.416 e. The third-order valence-electron chi connectivity index (χ3n) is 5.62. The molecular formula is C25H27ClF3N3O3S. The van der Waals surface area contributed by atoms with Crippen molar-refractivity contribution < 1.29 is 26.4 Å². The Labute approximate surface area is 213 Å². The van der Waals surface area contributed by atoms with E-state index in [1.165, 1.54) is 24.3 Å². The molecule has 0 radical (unpaired) electrons. The van der Waals surface area contributed by atoms with E-state index in [1.54, 1.807) is 23.6 Å². The Kier molecular flexibility index (Phi) is 7.62. The predicted molar refractivity (Wildman–Crippen MR) is 132 cm³/mol. The highest BCUT2D eigenvalue weighted by Crippen LogP contribution is 2.35. The molecule has 0 unspecified atom stereocenters. The number of alkyl halides is 3. The highest BCUT2D eigenvalue weighted by Gasteiger charge is 2.35. The van der Waals surface area contributed by atoms with Gasteiger partial charge in [-0.15, -0.1) is 0 Å². The smallest absolute Gasteiger partial charge is 0.347 e. The maximum Gasteiger partial charge on any atom is 0.416 e. The molecule has 3 aromatic rings. The molecule has 11 heteroatoms. The van der Waals surface area contributed by atoms with Crippen molar-refractivity contribution >= 4 is 27.3 Å². The number of nitrogens with zero attached hydrogens (tertiary/aromatic N) is 2. The number of halogens is 4. The van der Waals surface area contributed by atoms with Gasteiger partial charge >= 0.3 is 6.18 Å². The van der Waals surface area contributed by atoms with E-state index in [0.717, 1.165) is 12.3 Å². The molecule has 0 saturated heterocycles. The topological polar surface area (TPSA) is 81.1 Å². The molecule has 0 saturated carbocycles. The lowest BCUT2D eigenvalue weighted by Gasteiger charge is -2.22. The van der Waals surface area contributed by atoms with E-state index in [9.17, 15) is 26.4 Å². The van der Waals surface area contributed by atoms with Crippen LogP contribution in [0.1, 0.15) is 59.5 Å². The standard InChI is InChI=1S/C25H27ClF3N3O3S/c1-15-21(22(33)30-13-16-6-10-19(11-7-16)36(5,34)35)31-23(24(2,3)4)32(15)14-17-8-9-18(26)12-20(17)25(27,28)29/h6-12H,13-14H2,1-5H3,(H,30,33). The molecule has 36 heavy (non-hydrogen) atoms. The fourth-order valence-electron chi connectivity index (χ4n) is 3.76. The van der Waals surface area contributed by atoms with E-state index >= 15 is 0 Å². The molecule has 0 aliphatic heterocycles. The quantitative estimate of drug-likeness (QED) is 0.444. The number of sulfone groups is 1. The minimum atomic E-state index is -4.59. The molecule has 1 amide bonds. The van der Waals surface area contributed by atoms with E-state index in [1.807, 2.05) is 20.8 Å². The maximum absolute atomic E-state index is 13.7. The summed E-state index contributed by atoms with van der Waals surface area (Å²) in [5.74, 6) is -0.0261. The van der Waals surface area contributed by atoms with Crippen molar-refractivity contribution in [2.45, 2.75) is 57.3 Å². The zero-order valence-corrected chi connectivity index (χ0v) is 22.1. The zero-order chi connectivity index (χ0) is 27.1. The number of rotatable bonds is 6. The molecule has 0 aliphatic rings. The summed E-state index contributed by atoms with van der Waals surface area (Å²) in [6.07, 6.45) is -3.49. The number of carbonyl (C=O) groups excluding carboxylic acids is 1. The first-order valence-electron chi connectivity index (χ1n) is 11.0. The minimum absolute atomic E-state index is 0.0100. The van der Waals surface area contributed by atoms with Gasteiger partial charge in [0.15, 0.2) is 9.84 Å². The molecule has 1 heterocycles. The normalized spacial score (nSPS) is 12.6. The van der Waals surface area contributed by atoms with Crippen molar-refractivity contribution in [1.29, 1.82) is 0 Å². The summed E-state index contributed by atoms with van der Waals surface area (Å²) >= 11 is 5.82. The van der Waals surface area contributed by atoms with Crippen LogP contribution in [-0.4, -0.2) is 30.1 Å². The van der Waals surface area contributed by atoms with Gasteiger partial charge in [0, 0.05) is 35.5 Å². The van der Waals surface area contributed by atoms with Crippen LogP contribution in [0.25, 0.3) is 0 Å². The van der Waals surface area contributed by atoms with Gasteiger partial charge in [-0.25, -0.2) is 13.4 Å². The fraction of sp³-hybridized carbons (Fsp3) is 0.360. The van der Waals surface area contributed by atoms with Gasteiger partial charge in [-0.3, -0.25) is 4.79 Å². The molecule has 0 aliphatic carbocycles. The summed E-state index contributed by atoms with van der Waals surface area (Å²) in [5, 5.41) is 2.73. The lowest BCUT2D eigenvalue weighted by molar-refractivity contribution is -0.138. The van der Waals surface area contributed by atoms with E-state index < -0.39 is 32.9 Å². The Balaban J connectivity index is 1.92. The number of aromatic nitrogens is 2. The van der Waals surface area contributed by atoms with Crippen LogP contribution in [0, 0.1) is 6.92 Å². The van der Waals surface area contributed by atoms with Gasteiger partial charge in [-0.1, -0.05) is 50.6 Å². The molecule has 2 aromatic carbocycles. The molecular weight excluding hydrogens is 515 g/mol. The molecule has 0 spiro atoms. The van der Waals surface area contributed by atoms with Crippen molar-refractivity contribution in [2.75, 3.05) is 6.26 Å². The predicted octanol–water partition coefficient (Wildman–Crippen LogP) is 5.54. The van der Waals surface area contributed by atoms with E-state index in [4.69, 9.17) is 11.6 Å². The van der Waals surface area contributed by atoms with Crippen LogP contribution in [-0.2, 0) is 34.5 Å². The lowest BCUT2D eigenvalue weighted by atomic mass is 9.95. The van der Waals surface area contributed by atoms with Crippen LogP contribution < -0.4 is 5.32 Å². The average Bonchev–Trinajstić information content (AvgIpc) is 3.09. The molecule has 1 N–H and O–H groups in total. The second-order valence-electron chi connectivity index (χ2n) is 9.60. The highest BCUT2D eigenvalue weighted by molar-refractivity contribution is 7.90. The average molecular weight is 542 g/mol. The first kappa shape index (κ1) is 27.7. The zero-order valence-electron chi connectivity index (χ0n) is 20.5. The monoisotopic (exact) mass is 541 g/mol. The summed E-state index contributed by atoms with van der Waals surface area (Å²) in [6, 6.07) is 9.73. The summed E-state index contributed by atoms with van der Waals surface area (Å²) in [4.78, 5) is 17.7. The summed E-state index contributed by atoms with van der Waals surface area (Å²) in [6.45, 7) is 7.21. The van der Waals surface area contributed by atoms with Gasteiger partial charge in [0.05, 0.1) is 10.5 Å². The van der Waals surface area contributed by atoms with Crippen LogP contribution >= 0.6 is 11.6 Å². The van der Waals surface area contributed by atoms with Crippen LogP contribution in [0.4, 0.5) is 13.2 Å². The summed E-state index contributed by atoms with van der Waals surface area (Å²) < 4.78 is 65.9. The minimum Gasteiger partial charge on any atom is -0.347 e. The SMILES string of the molecule is Cc1c(C(=O)NCc2ccc(S(C)(=O)=O)cc2)nc(C(C)(C)C)n1Cc1ccc(Cl)cc1C(F)(F)F. The van der Waals surface area contributed by atoms with Crippen LogP contribution in [0.15, 0.2) is 47.4 Å². The van der Waals surface area contributed by atoms with E-state index in [-0.39, 0.29) is 34.3 Å². The Morgan fingerprint density at radius 3 is 2.22 bits per heavy atom. The van der Waals surface area contributed by atoms with Gasteiger partial charge in [-0.2, -0.15) is 13.2 Å². The Bertz CT molecular complexity index is 1390. The van der Waals surface area contributed by atoms with E-state index in [2.05, 4.69) is 10.3 Å². The molecule has 0 fully saturated rings. The van der Waals surface area contributed by atoms with Gasteiger partial charge in [0.2, 0.25) is 0 Å². The Morgan fingerprint density at radius 2 is 1.69 bits per heavy atom. The van der Waals surface area contributed by atoms with Crippen molar-refractivity contribution in [3.05, 3.63) is 81.4 Å². The maximum atomic E-state index is 13.7. The first-order valence-corrected chi connectivity index (χ1v) is 13.3. The second kappa shape index (κ2) is 9.89. The number of hydrogen-bond acceptors (Lipinski definition) is 4. The van der Waals surface area contributed by atoms with Crippen molar-refractivity contribution in [3.8, 4) is 0 Å². The summed E-state index contributed by atoms with van der Waals surface area (Å²) in [7, 11) is -3.33. The molecule has 0 atom stereocenters. The molecule has 194 valence electrons. The Morgan fingerprint density at radius 1 is 1.08 bits per heavy atom. The van der Waals surface area contributed by atoms with Crippen LogP contribution in [0.5, 0.6) is 0 Å². The number of benzene rings is 2. The Hall–Kier alpha value is -2.85. The molecule has 6 nitrogen and oxygen atoms in total. The van der Waals surface area contributed by atoms with Crippen LogP contribution in [0.3, 0.4) is 0 Å². The molecule has 0 bridgehead atoms. The molecule has 3 rings (SSSR count). The third-order valence-corrected chi connectivity index (χ3v) is 6.98. The van der Waals surface area contributed by atoms with Crippen molar-refractivity contribution in [1.82, 2.24) is 14.9 Å². The fourth-order valence-corrected chi connectivity index (χ4v) is 4.56. The third kappa shape index (κ3) is 6.28. The van der Waals surface area contributed by atoms with Gasteiger partial charge in [-0.05, 0) is 42.3 Å². The summed E-state index contributed by atoms with van der Waals surface area (Å²) in [5.41, 5.74) is -0.180. The first-order chi connectivity index (χ1) is 16.5. The number of carbonyl (C=O) groups is 1. The van der Waals surface area contributed by atoms with Crippen molar-refractivity contribution in [3.63, 3.8) is 0 Å². The van der Waals surface area contributed by atoms with Crippen LogP contribution in [0.2, 0.25) is 5.02 Å². The van der Waals surface area contributed by atoms with Gasteiger partial charge < -0.3 is 9.88 Å². The van der Waals surface area contributed by atoms with Crippen molar-refractivity contribution in [2.24, 2.45) is 0 Å². The highest BCUT2D eigenvalue weighted by atomic mass is 35.5. The second-order valence-corrected chi connectivity index (χ2v) is 12.1. The van der Waals surface area contributed by atoms with Gasteiger partial charge in [0.1, 0.15) is 11.5 Å². The number of hydrogen-bond donors (Lipinski definition) is 1. The van der Waals surface area contributed by atoms with E-state index in [0.29, 0.717) is 17.1 Å². The molecule has 1 aromatic heterocycles. The lowest BCUT2D eigenvalue weighted by Crippen LogP contribution is -2.24. The van der Waals surface area contributed by atoms with Gasteiger partial charge in [0.25, 0.3) is 5.91 Å². The number of imidazole rings is 1. The number of amides is 1.